The molecule has 0 atom stereocenters. The molecule has 0 heterocycles. The number of hydrogen-bond donors (Lipinski definition) is 1. The molecule has 3 aromatic rings. The number of ether oxygens (including phenoxy) is 1. The summed E-state index contributed by atoms with van der Waals surface area (Å²) in [6, 6.07) is 19.1. The molecule has 4 rings (SSSR count). The van der Waals surface area contributed by atoms with E-state index in [1.807, 2.05) is 39.0 Å². The van der Waals surface area contributed by atoms with Crippen LogP contribution in [0, 0.1) is 6.92 Å². The van der Waals surface area contributed by atoms with Gasteiger partial charge >= 0.3 is 5.97 Å². The van der Waals surface area contributed by atoms with Crippen molar-refractivity contribution < 1.29 is 22.7 Å². The van der Waals surface area contributed by atoms with Crippen LogP contribution >= 0.6 is 0 Å². The number of sulfonamides is 1. The van der Waals surface area contributed by atoms with Crippen LogP contribution in [-0.2, 0) is 20.2 Å². The van der Waals surface area contributed by atoms with Gasteiger partial charge in [-0.2, -0.15) is 0 Å². The molecule has 0 spiro atoms. The van der Waals surface area contributed by atoms with Crippen LogP contribution in [0.4, 0.5) is 5.69 Å². The first-order valence-electron chi connectivity index (χ1n) is 13.5. The van der Waals surface area contributed by atoms with Crippen LogP contribution in [0.15, 0.2) is 71.6 Å². The van der Waals surface area contributed by atoms with Crippen molar-refractivity contribution in [3.63, 3.8) is 0 Å². The first kappa shape index (κ1) is 28.6. The number of esters is 1. The summed E-state index contributed by atoms with van der Waals surface area (Å²) in [5, 5.41) is 0. The lowest BCUT2D eigenvalue weighted by Gasteiger charge is -2.22. The number of carbonyl (C=O) groups excluding carboxylic acids is 2. The average Bonchev–Trinajstić information content (AvgIpc) is 2.91. The first-order valence-corrected chi connectivity index (χ1v) is 15.0. The smallest absolute Gasteiger partial charge is 0.340 e. The van der Waals surface area contributed by atoms with Gasteiger partial charge in [0.2, 0.25) is 0 Å². The monoisotopic (exact) mass is 547 g/mol. The Morgan fingerprint density at radius 2 is 1.59 bits per heavy atom. The molecule has 1 N–H and O–H groups in total. The minimum absolute atomic E-state index is 0.0335. The van der Waals surface area contributed by atoms with E-state index in [0.29, 0.717) is 17.0 Å². The number of aryl methyl sites for hydroxylation is 1. The van der Waals surface area contributed by atoms with Crippen molar-refractivity contribution >= 4 is 27.5 Å². The number of anilines is 1. The highest BCUT2D eigenvalue weighted by Gasteiger charge is 2.24. The van der Waals surface area contributed by atoms with Gasteiger partial charge in [0.15, 0.2) is 12.4 Å². The first-order chi connectivity index (χ1) is 18.5. The largest absolute Gasteiger partial charge is 0.454 e. The zero-order valence-corrected chi connectivity index (χ0v) is 23.9. The van der Waals surface area contributed by atoms with Gasteiger partial charge in [-0.3, -0.25) is 9.52 Å². The summed E-state index contributed by atoms with van der Waals surface area (Å²) in [6.45, 7) is 7.33. The van der Waals surface area contributed by atoms with Gasteiger partial charge in [0.25, 0.3) is 10.0 Å². The molecule has 206 valence electrons. The molecule has 1 aliphatic carbocycles. The number of ketones is 1. The van der Waals surface area contributed by atoms with Crippen LogP contribution in [-0.4, -0.2) is 26.8 Å². The highest BCUT2D eigenvalue weighted by Crippen LogP contribution is 2.33. The molecule has 3 aromatic carbocycles. The molecule has 6 nitrogen and oxygen atoms in total. The maximum atomic E-state index is 13.4. The van der Waals surface area contributed by atoms with E-state index in [1.165, 1.54) is 49.8 Å². The molecular formula is C32H37NO5S. The standard InChI is InChI=1S/C32H37NO5S/c1-22-14-19-26(32(2,3)4)20-30(22)39(36,37)33-28-13-9-8-12-27(28)31(35)38-21-29(34)25-17-15-24(16-18-25)23-10-6-5-7-11-23/h8-9,12-20,23,33H,5-7,10-11,21H2,1-4H3. The van der Waals surface area contributed by atoms with Crippen LogP contribution in [0.2, 0.25) is 0 Å². The van der Waals surface area contributed by atoms with Crippen molar-refractivity contribution in [3.05, 3.63) is 94.5 Å². The van der Waals surface area contributed by atoms with Crippen LogP contribution in [0.1, 0.15) is 96.2 Å². The Kier molecular flexibility index (Phi) is 8.60. The van der Waals surface area contributed by atoms with Crippen molar-refractivity contribution in [2.75, 3.05) is 11.3 Å². The van der Waals surface area contributed by atoms with Crippen LogP contribution in [0.25, 0.3) is 0 Å². The highest BCUT2D eigenvalue weighted by molar-refractivity contribution is 7.92. The molecule has 1 saturated carbocycles. The molecule has 0 bridgehead atoms. The number of nitrogens with one attached hydrogen (secondary N) is 1. The Labute approximate surface area is 231 Å². The van der Waals surface area contributed by atoms with E-state index < -0.39 is 22.6 Å². The van der Waals surface area contributed by atoms with E-state index in [-0.39, 0.29) is 27.3 Å². The predicted molar refractivity (Wildman–Crippen MR) is 154 cm³/mol. The zero-order valence-electron chi connectivity index (χ0n) is 23.1. The molecule has 1 aliphatic rings. The number of Topliss-reactive ketones (excluding diaryl/α,β-unsaturated/α-hetero) is 1. The fourth-order valence-electron chi connectivity index (χ4n) is 4.98. The minimum Gasteiger partial charge on any atom is -0.454 e. The van der Waals surface area contributed by atoms with Crippen molar-refractivity contribution in [2.24, 2.45) is 0 Å². The summed E-state index contributed by atoms with van der Waals surface area (Å²) in [6.07, 6.45) is 6.11. The lowest BCUT2D eigenvalue weighted by Crippen LogP contribution is -2.20. The van der Waals surface area contributed by atoms with Crippen molar-refractivity contribution in [2.45, 2.75) is 76.0 Å². The number of para-hydroxylation sites is 1. The van der Waals surface area contributed by atoms with Crippen molar-refractivity contribution in [1.29, 1.82) is 0 Å². The van der Waals surface area contributed by atoms with Crippen LogP contribution in [0.3, 0.4) is 0 Å². The second kappa shape index (κ2) is 11.7. The van der Waals surface area contributed by atoms with E-state index in [1.54, 1.807) is 43.3 Å². The summed E-state index contributed by atoms with van der Waals surface area (Å²) >= 11 is 0. The lowest BCUT2D eigenvalue weighted by atomic mass is 9.84. The molecule has 7 heteroatoms. The van der Waals surface area contributed by atoms with Gasteiger partial charge in [0.1, 0.15) is 0 Å². The number of carbonyl (C=O) groups is 2. The van der Waals surface area contributed by atoms with E-state index in [2.05, 4.69) is 4.72 Å². The van der Waals surface area contributed by atoms with Crippen LogP contribution in [0.5, 0.6) is 0 Å². The molecule has 0 saturated heterocycles. The Balaban J connectivity index is 1.45. The average molecular weight is 548 g/mol. The van der Waals surface area contributed by atoms with Gasteiger partial charge in [-0.25, -0.2) is 13.2 Å². The highest BCUT2D eigenvalue weighted by atomic mass is 32.2. The molecule has 0 radical (unpaired) electrons. The zero-order chi connectivity index (χ0) is 28.2. The third-order valence-corrected chi connectivity index (χ3v) is 8.89. The van der Waals surface area contributed by atoms with Gasteiger partial charge in [-0.1, -0.05) is 88.6 Å². The van der Waals surface area contributed by atoms with Gasteiger partial charge in [0, 0.05) is 5.56 Å². The van der Waals surface area contributed by atoms with Crippen LogP contribution < -0.4 is 4.72 Å². The predicted octanol–water partition coefficient (Wildman–Crippen LogP) is 7.18. The molecule has 0 amide bonds. The van der Waals surface area contributed by atoms with Crippen molar-refractivity contribution in [1.82, 2.24) is 0 Å². The third kappa shape index (κ3) is 6.95. The maximum absolute atomic E-state index is 13.4. The summed E-state index contributed by atoms with van der Waals surface area (Å²) < 4.78 is 34.6. The molecule has 39 heavy (non-hydrogen) atoms. The third-order valence-electron chi connectivity index (χ3n) is 7.38. The Hall–Kier alpha value is -3.45. The van der Waals surface area contributed by atoms with Gasteiger partial charge < -0.3 is 4.74 Å². The SMILES string of the molecule is Cc1ccc(C(C)(C)C)cc1S(=O)(=O)Nc1ccccc1C(=O)OCC(=O)c1ccc(C2CCCCC2)cc1. The normalized spacial score (nSPS) is 14.6. The second-order valence-electron chi connectivity index (χ2n) is 11.3. The van der Waals surface area contributed by atoms with E-state index in [0.717, 1.165) is 5.56 Å². The Bertz CT molecular complexity index is 1450. The molecule has 0 aromatic heterocycles. The Morgan fingerprint density at radius 1 is 0.923 bits per heavy atom. The topological polar surface area (TPSA) is 89.5 Å². The second-order valence-corrected chi connectivity index (χ2v) is 13.0. The Morgan fingerprint density at radius 3 is 2.26 bits per heavy atom. The maximum Gasteiger partial charge on any atom is 0.340 e. The van der Waals surface area contributed by atoms with E-state index >= 15 is 0 Å². The fourth-order valence-corrected chi connectivity index (χ4v) is 6.33. The minimum atomic E-state index is -4.00. The summed E-state index contributed by atoms with van der Waals surface area (Å²) in [5.74, 6) is -0.549. The van der Waals surface area contributed by atoms with Gasteiger partial charge in [-0.05, 0) is 66.0 Å². The number of hydrogen-bond acceptors (Lipinski definition) is 5. The number of benzene rings is 3. The summed E-state index contributed by atoms with van der Waals surface area (Å²) in [4.78, 5) is 25.8. The fraction of sp³-hybridized carbons (Fsp3) is 0.375. The lowest BCUT2D eigenvalue weighted by molar-refractivity contribution is 0.0476. The van der Waals surface area contributed by atoms with Crippen molar-refractivity contribution in [3.8, 4) is 0 Å². The molecule has 0 unspecified atom stereocenters. The quantitative estimate of drug-likeness (QED) is 0.238. The molecular weight excluding hydrogens is 510 g/mol. The number of rotatable bonds is 8. The summed E-state index contributed by atoms with van der Waals surface area (Å²) in [5.41, 5.74) is 3.08. The molecule has 0 aliphatic heterocycles. The van der Waals surface area contributed by atoms with Gasteiger partial charge in [0.05, 0.1) is 16.1 Å². The summed E-state index contributed by atoms with van der Waals surface area (Å²) in [7, 11) is -4.00. The van der Waals surface area contributed by atoms with E-state index in [4.69, 9.17) is 4.74 Å². The van der Waals surface area contributed by atoms with E-state index in [9.17, 15) is 18.0 Å². The van der Waals surface area contributed by atoms with Gasteiger partial charge in [-0.15, -0.1) is 0 Å². The molecule has 1 fully saturated rings.